The van der Waals surface area contributed by atoms with Crippen LogP contribution in [0.4, 0.5) is 0 Å². The molecule has 1 saturated heterocycles. The van der Waals surface area contributed by atoms with Gasteiger partial charge in [-0.25, -0.2) is 4.68 Å². The maximum absolute atomic E-state index is 12.3. The maximum Gasteiger partial charge on any atom is 0.222 e. The van der Waals surface area contributed by atoms with Gasteiger partial charge < -0.3 is 4.90 Å². The standard InChI is InChI=1S/C15H16Cl2N4O/c16-13-3-1-11(9-14(13)17)2-4-15(22)20-7-5-12(10-20)21-8-6-18-19-21/h1,3,6,8-9,12H,2,4-5,7,10H2/t12-/m0/s1. The number of carbonyl (C=O) groups is 1. The molecule has 1 aliphatic heterocycles. The van der Waals surface area contributed by atoms with E-state index in [0.29, 0.717) is 29.4 Å². The molecule has 0 radical (unpaired) electrons. The van der Waals surface area contributed by atoms with Gasteiger partial charge in [0.25, 0.3) is 0 Å². The lowest BCUT2D eigenvalue weighted by molar-refractivity contribution is -0.130. The number of nitrogens with zero attached hydrogens (tertiary/aromatic N) is 4. The first kappa shape index (κ1) is 15.3. The summed E-state index contributed by atoms with van der Waals surface area (Å²) in [6.07, 6.45) is 5.56. The molecule has 0 N–H and O–H groups in total. The molecule has 22 heavy (non-hydrogen) atoms. The molecule has 5 nitrogen and oxygen atoms in total. The second-order valence-electron chi connectivity index (χ2n) is 5.41. The molecule has 3 rings (SSSR count). The van der Waals surface area contributed by atoms with Gasteiger partial charge in [-0.1, -0.05) is 34.5 Å². The van der Waals surface area contributed by atoms with Crippen molar-refractivity contribution in [1.29, 1.82) is 0 Å². The number of hydrogen-bond donors (Lipinski definition) is 0. The van der Waals surface area contributed by atoms with Crippen molar-refractivity contribution in [3.63, 3.8) is 0 Å². The smallest absolute Gasteiger partial charge is 0.222 e. The van der Waals surface area contributed by atoms with E-state index in [1.165, 1.54) is 0 Å². The highest BCUT2D eigenvalue weighted by Crippen LogP contribution is 2.24. The first-order valence-electron chi connectivity index (χ1n) is 7.21. The molecular formula is C15H16Cl2N4O. The zero-order chi connectivity index (χ0) is 15.5. The molecule has 1 aromatic carbocycles. The molecule has 1 aliphatic rings. The molecule has 0 bridgehead atoms. The molecule has 1 atom stereocenters. The van der Waals surface area contributed by atoms with E-state index >= 15 is 0 Å². The Morgan fingerprint density at radius 2 is 2.18 bits per heavy atom. The van der Waals surface area contributed by atoms with Crippen LogP contribution in [0.15, 0.2) is 30.6 Å². The van der Waals surface area contributed by atoms with Crippen LogP contribution < -0.4 is 0 Å². The summed E-state index contributed by atoms with van der Waals surface area (Å²) in [5.41, 5.74) is 1.02. The van der Waals surface area contributed by atoms with E-state index < -0.39 is 0 Å². The minimum absolute atomic E-state index is 0.161. The van der Waals surface area contributed by atoms with Crippen molar-refractivity contribution in [3.8, 4) is 0 Å². The normalized spacial score (nSPS) is 17.9. The lowest BCUT2D eigenvalue weighted by Crippen LogP contribution is -2.29. The first-order chi connectivity index (χ1) is 10.6. The van der Waals surface area contributed by atoms with Gasteiger partial charge >= 0.3 is 0 Å². The highest BCUT2D eigenvalue weighted by Gasteiger charge is 2.27. The van der Waals surface area contributed by atoms with Gasteiger partial charge in [-0.05, 0) is 30.5 Å². The van der Waals surface area contributed by atoms with Crippen molar-refractivity contribution in [2.75, 3.05) is 13.1 Å². The van der Waals surface area contributed by atoms with Gasteiger partial charge in [0.05, 0.1) is 22.3 Å². The molecular weight excluding hydrogens is 323 g/mol. The van der Waals surface area contributed by atoms with Crippen molar-refractivity contribution in [1.82, 2.24) is 19.9 Å². The van der Waals surface area contributed by atoms with E-state index in [4.69, 9.17) is 23.2 Å². The fourth-order valence-electron chi connectivity index (χ4n) is 2.70. The number of rotatable bonds is 4. The van der Waals surface area contributed by atoms with Gasteiger partial charge in [0, 0.05) is 25.7 Å². The zero-order valence-electron chi connectivity index (χ0n) is 12.0. The van der Waals surface area contributed by atoms with Crippen molar-refractivity contribution in [2.24, 2.45) is 0 Å². The third-order valence-electron chi connectivity index (χ3n) is 3.94. The van der Waals surface area contributed by atoms with Crippen LogP contribution in [0.2, 0.25) is 10.0 Å². The summed E-state index contributed by atoms with van der Waals surface area (Å²) < 4.78 is 1.83. The molecule has 0 spiro atoms. The molecule has 2 aromatic rings. The Kier molecular flexibility index (Phi) is 4.64. The second-order valence-corrected chi connectivity index (χ2v) is 6.23. The molecule has 0 saturated carbocycles. The van der Waals surface area contributed by atoms with Crippen molar-refractivity contribution < 1.29 is 4.79 Å². The molecule has 0 aliphatic carbocycles. The quantitative estimate of drug-likeness (QED) is 0.860. The van der Waals surface area contributed by atoms with E-state index in [-0.39, 0.29) is 11.9 Å². The Balaban J connectivity index is 1.53. The fraction of sp³-hybridized carbons (Fsp3) is 0.400. The van der Waals surface area contributed by atoms with Crippen LogP contribution in [0.3, 0.4) is 0 Å². The predicted molar refractivity (Wildman–Crippen MR) is 85.0 cm³/mol. The topological polar surface area (TPSA) is 51.0 Å². The number of likely N-dealkylation sites (tertiary alicyclic amines) is 1. The van der Waals surface area contributed by atoms with Crippen LogP contribution in [0.1, 0.15) is 24.4 Å². The number of aromatic nitrogens is 3. The van der Waals surface area contributed by atoms with E-state index in [2.05, 4.69) is 10.3 Å². The Hall–Kier alpha value is -1.59. The summed E-state index contributed by atoms with van der Waals surface area (Å²) in [6, 6.07) is 5.72. The number of amides is 1. The average molecular weight is 339 g/mol. The Bertz CT molecular complexity index is 660. The fourth-order valence-corrected chi connectivity index (χ4v) is 3.02. The van der Waals surface area contributed by atoms with Crippen LogP contribution in [0.25, 0.3) is 0 Å². The number of halogens is 2. The van der Waals surface area contributed by atoms with E-state index in [1.54, 1.807) is 12.3 Å². The van der Waals surface area contributed by atoms with Gasteiger partial charge in [0.2, 0.25) is 5.91 Å². The minimum atomic E-state index is 0.161. The molecule has 1 aromatic heterocycles. The van der Waals surface area contributed by atoms with Gasteiger partial charge in [0.1, 0.15) is 0 Å². The predicted octanol–water partition coefficient (Wildman–Crippen LogP) is 2.99. The van der Waals surface area contributed by atoms with Gasteiger partial charge in [-0.15, -0.1) is 5.10 Å². The number of carbonyl (C=O) groups excluding carboxylic acids is 1. The van der Waals surface area contributed by atoms with E-state index in [9.17, 15) is 4.79 Å². The summed E-state index contributed by atoms with van der Waals surface area (Å²) in [4.78, 5) is 14.2. The Labute approximate surface area is 138 Å². The third-order valence-corrected chi connectivity index (χ3v) is 4.68. The Morgan fingerprint density at radius 3 is 2.91 bits per heavy atom. The van der Waals surface area contributed by atoms with Gasteiger partial charge in [0.15, 0.2) is 0 Å². The Morgan fingerprint density at radius 1 is 1.32 bits per heavy atom. The van der Waals surface area contributed by atoms with Gasteiger partial charge in [-0.3, -0.25) is 4.79 Å². The number of hydrogen-bond acceptors (Lipinski definition) is 3. The zero-order valence-corrected chi connectivity index (χ0v) is 13.5. The second kappa shape index (κ2) is 6.67. The van der Waals surface area contributed by atoms with Crippen molar-refractivity contribution in [3.05, 3.63) is 46.2 Å². The van der Waals surface area contributed by atoms with Crippen LogP contribution in [-0.2, 0) is 11.2 Å². The average Bonchev–Trinajstić information content (AvgIpc) is 3.18. The highest BCUT2D eigenvalue weighted by atomic mass is 35.5. The molecule has 1 fully saturated rings. The molecule has 0 unspecified atom stereocenters. The van der Waals surface area contributed by atoms with Crippen LogP contribution in [0.5, 0.6) is 0 Å². The molecule has 116 valence electrons. The summed E-state index contributed by atoms with van der Waals surface area (Å²) >= 11 is 11.9. The van der Waals surface area contributed by atoms with E-state index in [1.807, 2.05) is 27.9 Å². The highest BCUT2D eigenvalue weighted by molar-refractivity contribution is 6.42. The summed E-state index contributed by atoms with van der Waals surface area (Å²) in [7, 11) is 0. The third kappa shape index (κ3) is 3.42. The first-order valence-corrected chi connectivity index (χ1v) is 7.96. The van der Waals surface area contributed by atoms with Gasteiger partial charge in [-0.2, -0.15) is 0 Å². The molecule has 1 amide bonds. The monoisotopic (exact) mass is 338 g/mol. The summed E-state index contributed by atoms with van der Waals surface area (Å²) in [5, 5.41) is 8.88. The SMILES string of the molecule is O=C(CCc1ccc(Cl)c(Cl)c1)N1CC[C@H](n2ccnn2)C1. The van der Waals surface area contributed by atoms with Crippen LogP contribution in [0, 0.1) is 0 Å². The maximum atomic E-state index is 12.3. The van der Waals surface area contributed by atoms with Crippen LogP contribution in [-0.4, -0.2) is 38.9 Å². The number of benzene rings is 1. The van der Waals surface area contributed by atoms with E-state index in [0.717, 1.165) is 18.5 Å². The lowest BCUT2D eigenvalue weighted by atomic mass is 10.1. The minimum Gasteiger partial charge on any atom is -0.340 e. The number of aryl methyl sites for hydroxylation is 1. The summed E-state index contributed by atoms with van der Waals surface area (Å²) in [5.74, 6) is 0.161. The molecule has 7 heteroatoms. The van der Waals surface area contributed by atoms with Crippen molar-refractivity contribution in [2.45, 2.75) is 25.3 Å². The lowest BCUT2D eigenvalue weighted by Gasteiger charge is -2.16. The van der Waals surface area contributed by atoms with Crippen molar-refractivity contribution >= 4 is 29.1 Å². The van der Waals surface area contributed by atoms with Crippen LogP contribution >= 0.6 is 23.2 Å². The summed E-state index contributed by atoms with van der Waals surface area (Å²) in [6.45, 7) is 1.47. The largest absolute Gasteiger partial charge is 0.340 e. The molecule has 2 heterocycles.